The van der Waals surface area contributed by atoms with E-state index in [4.69, 9.17) is 4.74 Å². The fourth-order valence-corrected chi connectivity index (χ4v) is 3.19. The van der Waals surface area contributed by atoms with E-state index in [2.05, 4.69) is 5.10 Å². The smallest absolute Gasteiger partial charge is 0.351 e. The minimum atomic E-state index is -1.33. The van der Waals surface area contributed by atoms with E-state index in [-0.39, 0.29) is 5.69 Å². The molecule has 0 amide bonds. The molecule has 152 valence electrons. The maximum absolute atomic E-state index is 12.9. The number of aromatic nitrogens is 3. The normalized spacial score (nSPS) is 11.5. The number of hydrogen-bond donors (Lipinski definition) is 1. The van der Waals surface area contributed by atoms with Gasteiger partial charge in [-0.25, -0.2) is 9.59 Å². The molecule has 7 nitrogen and oxygen atoms in total. The summed E-state index contributed by atoms with van der Waals surface area (Å²) in [5.74, 6) is 0.127. The quantitative estimate of drug-likeness (QED) is 0.692. The zero-order chi connectivity index (χ0) is 21.3. The van der Waals surface area contributed by atoms with Gasteiger partial charge >= 0.3 is 11.7 Å². The predicted molar refractivity (Wildman–Crippen MR) is 110 cm³/mol. The van der Waals surface area contributed by atoms with Gasteiger partial charge in [-0.05, 0) is 63.4 Å². The van der Waals surface area contributed by atoms with Gasteiger partial charge in [-0.3, -0.25) is 4.57 Å². The molecular weight excluding hydrogens is 370 g/mol. The Bertz CT molecular complexity index is 1090. The van der Waals surface area contributed by atoms with Gasteiger partial charge in [-0.15, -0.1) is 0 Å². The molecule has 2 aromatic carbocycles. The summed E-state index contributed by atoms with van der Waals surface area (Å²) in [4.78, 5) is 24.2. The minimum absolute atomic E-state index is 0.212. The lowest BCUT2D eigenvalue weighted by atomic mass is 10.0. The number of aliphatic carboxylic acids is 1. The minimum Gasteiger partial charge on any atom is -0.478 e. The lowest BCUT2D eigenvalue weighted by Crippen LogP contribution is -2.38. The van der Waals surface area contributed by atoms with Gasteiger partial charge in [0.25, 0.3) is 0 Å². The van der Waals surface area contributed by atoms with Crippen LogP contribution in [0.4, 0.5) is 0 Å². The summed E-state index contributed by atoms with van der Waals surface area (Å²) < 4.78 is 8.76. The van der Waals surface area contributed by atoms with Crippen molar-refractivity contribution in [1.82, 2.24) is 14.3 Å². The van der Waals surface area contributed by atoms with E-state index < -0.39 is 11.6 Å². The molecule has 0 saturated heterocycles. The van der Waals surface area contributed by atoms with E-state index in [1.807, 2.05) is 56.3 Å². The van der Waals surface area contributed by atoms with Crippen molar-refractivity contribution in [1.29, 1.82) is 0 Å². The summed E-state index contributed by atoms with van der Waals surface area (Å²) in [6.07, 6.45) is 0. The van der Waals surface area contributed by atoms with E-state index in [9.17, 15) is 14.7 Å². The van der Waals surface area contributed by atoms with Crippen LogP contribution in [0.2, 0.25) is 0 Å². The summed E-state index contributed by atoms with van der Waals surface area (Å²) in [6.45, 7) is 8.93. The van der Waals surface area contributed by atoms with Crippen molar-refractivity contribution in [2.75, 3.05) is 0 Å². The van der Waals surface area contributed by atoms with Crippen LogP contribution in [0.1, 0.15) is 36.4 Å². The lowest BCUT2D eigenvalue weighted by Gasteiger charge is -2.24. The van der Waals surface area contributed by atoms with E-state index >= 15 is 0 Å². The summed E-state index contributed by atoms with van der Waals surface area (Å²) >= 11 is 0. The summed E-state index contributed by atoms with van der Waals surface area (Å²) in [5.41, 5.74) is 1.72. The van der Waals surface area contributed by atoms with E-state index in [1.54, 1.807) is 11.5 Å². The SMILES string of the molecule is Cc1cc(Cn2c(C)nn(-c3ccccc3)c2=O)cc(C)c1OC(C)(C)C(=O)O. The van der Waals surface area contributed by atoms with Crippen LogP contribution in [0.5, 0.6) is 5.75 Å². The standard InChI is InChI=1S/C22H25N3O4/c1-14-11-17(12-15(2)19(14)29-22(4,5)20(26)27)13-24-16(3)23-25(21(24)28)18-9-7-6-8-10-18/h6-12H,13H2,1-5H3,(H,26,27). The number of rotatable bonds is 6. The highest BCUT2D eigenvalue weighted by Crippen LogP contribution is 2.29. The van der Waals surface area contributed by atoms with Gasteiger partial charge in [0, 0.05) is 0 Å². The molecular formula is C22H25N3O4. The van der Waals surface area contributed by atoms with Gasteiger partial charge in [-0.2, -0.15) is 9.78 Å². The number of hydrogen-bond acceptors (Lipinski definition) is 4. The first-order valence-electron chi connectivity index (χ1n) is 9.34. The second-order valence-corrected chi connectivity index (χ2v) is 7.64. The molecule has 0 fully saturated rings. The van der Waals surface area contributed by atoms with Crippen LogP contribution in [0.15, 0.2) is 47.3 Å². The summed E-state index contributed by atoms with van der Waals surface area (Å²) in [5, 5.41) is 13.7. The molecule has 0 spiro atoms. The largest absolute Gasteiger partial charge is 0.478 e. The van der Waals surface area contributed by atoms with E-state index in [0.717, 1.165) is 16.7 Å². The molecule has 0 aliphatic carbocycles. The molecule has 0 atom stereocenters. The van der Waals surface area contributed by atoms with Crippen molar-refractivity contribution < 1.29 is 14.6 Å². The fourth-order valence-electron chi connectivity index (χ4n) is 3.19. The molecule has 0 saturated carbocycles. The second-order valence-electron chi connectivity index (χ2n) is 7.64. The Morgan fingerprint density at radius 2 is 1.69 bits per heavy atom. The van der Waals surface area contributed by atoms with Crippen LogP contribution in [0.25, 0.3) is 5.69 Å². The number of nitrogens with zero attached hydrogens (tertiary/aromatic N) is 3. The highest BCUT2D eigenvalue weighted by molar-refractivity contribution is 5.77. The molecule has 0 bridgehead atoms. The van der Waals surface area contributed by atoms with Gasteiger partial charge < -0.3 is 9.84 Å². The maximum Gasteiger partial charge on any atom is 0.351 e. The third-order valence-corrected chi connectivity index (χ3v) is 4.78. The number of aryl methyl sites for hydroxylation is 3. The summed E-state index contributed by atoms with van der Waals surface area (Å²) in [7, 11) is 0. The van der Waals surface area contributed by atoms with Crippen molar-refractivity contribution in [2.24, 2.45) is 0 Å². The van der Waals surface area contributed by atoms with Gasteiger partial charge in [0.15, 0.2) is 5.60 Å². The fraction of sp³-hybridized carbons (Fsp3) is 0.318. The van der Waals surface area contributed by atoms with Crippen LogP contribution in [0.3, 0.4) is 0 Å². The number of carboxylic acids is 1. The van der Waals surface area contributed by atoms with Gasteiger partial charge in [-0.1, -0.05) is 30.3 Å². The number of carbonyl (C=O) groups is 1. The maximum atomic E-state index is 12.9. The molecule has 1 aromatic heterocycles. The Morgan fingerprint density at radius 1 is 1.10 bits per heavy atom. The zero-order valence-corrected chi connectivity index (χ0v) is 17.3. The van der Waals surface area contributed by atoms with Crippen molar-refractivity contribution >= 4 is 5.97 Å². The van der Waals surface area contributed by atoms with Gasteiger partial charge in [0.1, 0.15) is 11.6 Å². The van der Waals surface area contributed by atoms with Crippen molar-refractivity contribution in [3.63, 3.8) is 0 Å². The first-order valence-corrected chi connectivity index (χ1v) is 9.34. The molecule has 1 heterocycles. The third-order valence-electron chi connectivity index (χ3n) is 4.78. The Labute approximate surface area is 169 Å². The Balaban J connectivity index is 1.93. The second kappa shape index (κ2) is 7.58. The number of benzene rings is 2. The Hall–Kier alpha value is -3.35. The molecule has 0 aliphatic heterocycles. The molecule has 3 rings (SSSR count). The highest BCUT2D eigenvalue weighted by atomic mass is 16.5. The van der Waals surface area contributed by atoms with Crippen LogP contribution in [-0.2, 0) is 11.3 Å². The molecule has 7 heteroatoms. The molecule has 1 N–H and O–H groups in total. The molecule has 0 radical (unpaired) electrons. The zero-order valence-electron chi connectivity index (χ0n) is 17.3. The van der Waals surface area contributed by atoms with Crippen molar-refractivity contribution in [3.8, 4) is 11.4 Å². The van der Waals surface area contributed by atoms with Crippen LogP contribution in [0, 0.1) is 20.8 Å². The molecule has 3 aromatic rings. The average molecular weight is 395 g/mol. The average Bonchev–Trinajstić information content (AvgIpc) is 2.93. The van der Waals surface area contributed by atoms with Crippen molar-refractivity contribution in [3.05, 3.63) is 75.5 Å². The molecule has 0 unspecified atom stereocenters. The first-order chi connectivity index (χ1) is 13.6. The number of carboxylic acid groups (broad SMARTS) is 1. The predicted octanol–water partition coefficient (Wildman–Crippen LogP) is 3.25. The number of para-hydroxylation sites is 1. The van der Waals surface area contributed by atoms with Crippen LogP contribution >= 0.6 is 0 Å². The first kappa shape index (κ1) is 20.4. The molecule has 29 heavy (non-hydrogen) atoms. The summed E-state index contributed by atoms with van der Waals surface area (Å²) in [6, 6.07) is 13.1. The van der Waals surface area contributed by atoms with Crippen molar-refractivity contribution in [2.45, 2.75) is 46.8 Å². The van der Waals surface area contributed by atoms with Crippen LogP contribution < -0.4 is 10.4 Å². The highest BCUT2D eigenvalue weighted by Gasteiger charge is 2.30. The van der Waals surface area contributed by atoms with Crippen LogP contribution in [-0.4, -0.2) is 31.0 Å². The Morgan fingerprint density at radius 3 is 2.24 bits per heavy atom. The molecule has 0 aliphatic rings. The topological polar surface area (TPSA) is 86.4 Å². The van der Waals surface area contributed by atoms with Gasteiger partial charge in [0.05, 0.1) is 12.2 Å². The lowest BCUT2D eigenvalue weighted by molar-refractivity contribution is -0.152. The van der Waals surface area contributed by atoms with E-state index in [0.29, 0.717) is 23.8 Å². The van der Waals surface area contributed by atoms with E-state index in [1.165, 1.54) is 18.5 Å². The van der Waals surface area contributed by atoms with Gasteiger partial charge in [0.2, 0.25) is 0 Å². The third kappa shape index (κ3) is 4.08. The number of ether oxygens (including phenoxy) is 1. The Kier molecular flexibility index (Phi) is 5.33. The monoisotopic (exact) mass is 395 g/mol.